The molecule has 5 nitrogen and oxygen atoms in total. The highest BCUT2D eigenvalue weighted by Crippen LogP contribution is 2.46. The highest BCUT2D eigenvalue weighted by molar-refractivity contribution is 6.02. The summed E-state index contributed by atoms with van der Waals surface area (Å²) >= 11 is 0. The Hall–Kier alpha value is -2.04. The maximum Gasteiger partial charge on any atom is 0.337 e. The van der Waals surface area contributed by atoms with Crippen LogP contribution in [0, 0.1) is 5.41 Å². The lowest BCUT2D eigenvalue weighted by atomic mass is 9.68. The number of nitrogens with one attached hydrogen (secondary N) is 1. The molecule has 1 aliphatic heterocycles. The van der Waals surface area contributed by atoms with Crippen molar-refractivity contribution in [2.24, 2.45) is 5.41 Å². The van der Waals surface area contributed by atoms with Crippen LogP contribution in [0.25, 0.3) is 0 Å². The van der Waals surface area contributed by atoms with E-state index in [2.05, 4.69) is 10.2 Å². The average Bonchev–Trinajstić information content (AvgIpc) is 2.51. The zero-order chi connectivity index (χ0) is 14.3. The van der Waals surface area contributed by atoms with Crippen molar-refractivity contribution in [3.05, 3.63) is 23.8 Å². The number of carbonyl (C=O) groups is 2. The fraction of sp³-hybridized carbons (Fsp3) is 0.467. The van der Waals surface area contributed by atoms with E-state index < -0.39 is 5.97 Å². The van der Waals surface area contributed by atoms with E-state index in [-0.39, 0.29) is 11.3 Å². The monoisotopic (exact) mass is 274 g/mol. The van der Waals surface area contributed by atoms with Crippen LogP contribution in [0.5, 0.6) is 0 Å². The number of amides is 1. The van der Waals surface area contributed by atoms with Crippen LogP contribution >= 0.6 is 0 Å². The summed E-state index contributed by atoms with van der Waals surface area (Å²) in [5.41, 5.74) is 1.81. The van der Waals surface area contributed by atoms with Crippen LogP contribution in [0.15, 0.2) is 18.2 Å². The van der Waals surface area contributed by atoms with Gasteiger partial charge in [0.25, 0.3) is 0 Å². The molecule has 0 bridgehead atoms. The average molecular weight is 274 g/mol. The third kappa shape index (κ3) is 1.85. The van der Waals surface area contributed by atoms with E-state index in [1.165, 1.54) is 7.11 Å². The number of esters is 1. The van der Waals surface area contributed by atoms with Crippen LogP contribution in [0.4, 0.5) is 11.4 Å². The van der Waals surface area contributed by atoms with Crippen LogP contribution in [-0.4, -0.2) is 32.6 Å². The fourth-order valence-corrected chi connectivity index (χ4v) is 3.07. The zero-order valence-corrected chi connectivity index (χ0v) is 11.7. The highest BCUT2D eigenvalue weighted by atomic mass is 16.5. The summed E-state index contributed by atoms with van der Waals surface area (Å²) in [5.74, 6) is -0.330. The minimum atomic E-state index is -0.396. The molecule has 1 spiro atoms. The van der Waals surface area contributed by atoms with Crippen molar-refractivity contribution in [2.75, 3.05) is 30.9 Å². The quantitative estimate of drug-likeness (QED) is 0.796. The van der Waals surface area contributed by atoms with Gasteiger partial charge in [0.1, 0.15) is 0 Å². The molecule has 0 atom stereocenters. The van der Waals surface area contributed by atoms with Crippen molar-refractivity contribution in [2.45, 2.75) is 19.3 Å². The maximum atomic E-state index is 12.4. The van der Waals surface area contributed by atoms with Gasteiger partial charge in [0.05, 0.1) is 29.5 Å². The Labute approximate surface area is 117 Å². The Balaban J connectivity index is 1.99. The van der Waals surface area contributed by atoms with E-state index in [1.807, 2.05) is 13.1 Å². The van der Waals surface area contributed by atoms with E-state index in [0.29, 0.717) is 11.3 Å². The lowest BCUT2D eigenvalue weighted by Gasteiger charge is -2.40. The number of carbonyl (C=O) groups excluding carboxylic acids is 2. The molecule has 3 rings (SSSR count). The first kappa shape index (κ1) is 13.0. The van der Waals surface area contributed by atoms with Gasteiger partial charge in [-0.15, -0.1) is 0 Å². The fourth-order valence-electron chi connectivity index (χ4n) is 3.07. The molecule has 1 heterocycles. The summed E-state index contributed by atoms with van der Waals surface area (Å²) in [6.07, 6.45) is 2.97. The largest absolute Gasteiger partial charge is 0.465 e. The van der Waals surface area contributed by atoms with Gasteiger partial charge in [-0.3, -0.25) is 4.79 Å². The van der Waals surface area contributed by atoms with Crippen molar-refractivity contribution >= 4 is 23.3 Å². The molecule has 1 fully saturated rings. The number of benzene rings is 1. The number of hydrogen-bond acceptors (Lipinski definition) is 4. The molecule has 1 N–H and O–H groups in total. The van der Waals surface area contributed by atoms with E-state index >= 15 is 0 Å². The third-order valence-electron chi connectivity index (χ3n) is 4.41. The minimum Gasteiger partial charge on any atom is -0.465 e. The second kappa shape index (κ2) is 4.51. The lowest BCUT2D eigenvalue weighted by molar-refractivity contribution is -0.129. The summed E-state index contributed by atoms with van der Waals surface area (Å²) in [6, 6.07) is 5.28. The van der Waals surface area contributed by atoms with Crippen molar-refractivity contribution in [1.82, 2.24) is 0 Å². The maximum absolute atomic E-state index is 12.4. The second-order valence-electron chi connectivity index (χ2n) is 5.67. The SMILES string of the molecule is COC(=O)c1ccc2c(c1)NC(=O)C1(CCC1)CN2C. The topological polar surface area (TPSA) is 58.6 Å². The number of ether oxygens (including phenoxy) is 1. The van der Waals surface area contributed by atoms with Crippen molar-refractivity contribution in [3.8, 4) is 0 Å². The molecule has 1 saturated carbocycles. The van der Waals surface area contributed by atoms with Gasteiger partial charge in [-0.2, -0.15) is 0 Å². The number of nitrogens with zero attached hydrogens (tertiary/aromatic N) is 1. The second-order valence-corrected chi connectivity index (χ2v) is 5.67. The molecule has 1 aliphatic carbocycles. The lowest BCUT2D eigenvalue weighted by Crippen LogP contribution is -2.47. The van der Waals surface area contributed by atoms with Crippen molar-refractivity contribution in [1.29, 1.82) is 0 Å². The van der Waals surface area contributed by atoms with E-state index in [4.69, 9.17) is 4.74 Å². The number of methoxy groups -OCH3 is 1. The Morgan fingerprint density at radius 2 is 2.15 bits per heavy atom. The zero-order valence-electron chi connectivity index (χ0n) is 11.7. The summed E-state index contributed by atoms with van der Waals surface area (Å²) in [7, 11) is 3.33. The first-order chi connectivity index (χ1) is 9.55. The first-order valence-electron chi connectivity index (χ1n) is 6.81. The number of hydrogen-bond donors (Lipinski definition) is 1. The van der Waals surface area contributed by atoms with Crippen molar-refractivity contribution < 1.29 is 14.3 Å². The van der Waals surface area contributed by atoms with Gasteiger partial charge < -0.3 is 15.0 Å². The normalized spacial score (nSPS) is 19.7. The standard InChI is InChI=1S/C15H18N2O3/c1-17-9-15(6-3-7-15)14(19)16-11-8-10(13(18)20-2)4-5-12(11)17/h4-5,8H,3,6-7,9H2,1-2H3,(H,16,19). The third-order valence-corrected chi connectivity index (χ3v) is 4.41. The number of anilines is 2. The van der Waals surface area contributed by atoms with Crippen LogP contribution in [0.3, 0.4) is 0 Å². The molecular formula is C15H18N2O3. The number of rotatable bonds is 1. The molecule has 0 unspecified atom stereocenters. The highest BCUT2D eigenvalue weighted by Gasteiger charge is 2.46. The smallest absolute Gasteiger partial charge is 0.337 e. The Morgan fingerprint density at radius 1 is 1.40 bits per heavy atom. The summed E-state index contributed by atoms with van der Waals surface area (Å²) in [5, 5.41) is 2.98. The molecule has 20 heavy (non-hydrogen) atoms. The molecular weight excluding hydrogens is 256 g/mol. The summed E-state index contributed by atoms with van der Waals surface area (Å²) < 4.78 is 4.72. The van der Waals surface area contributed by atoms with Crippen LogP contribution in [-0.2, 0) is 9.53 Å². The molecule has 5 heteroatoms. The minimum absolute atomic E-state index is 0.0661. The van der Waals surface area contributed by atoms with Gasteiger partial charge in [0.2, 0.25) is 5.91 Å². The molecule has 2 aliphatic rings. The number of fused-ring (bicyclic) bond motifs is 1. The Bertz CT molecular complexity index is 578. The molecule has 0 saturated heterocycles. The Morgan fingerprint density at radius 3 is 2.75 bits per heavy atom. The van der Waals surface area contributed by atoms with E-state index in [9.17, 15) is 9.59 Å². The van der Waals surface area contributed by atoms with Gasteiger partial charge in [0, 0.05) is 13.6 Å². The van der Waals surface area contributed by atoms with Crippen LogP contribution in [0.1, 0.15) is 29.6 Å². The Kier molecular flexibility index (Phi) is 2.92. The molecule has 0 aromatic heterocycles. The summed E-state index contributed by atoms with van der Waals surface area (Å²) in [6.45, 7) is 0.726. The van der Waals surface area contributed by atoms with Crippen LogP contribution in [0.2, 0.25) is 0 Å². The van der Waals surface area contributed by atoms with E-state index in [1.54, 1.807) is 12.1 Å². The van der Waals surface area contributed by atoms with Crippen LogP contribution < -0.4 is 10.2 Å². The predicted octanol–water partition coefficient (Wildman–Crippen LogP) is 2.03. The van der Waals surface area contributed by atoms with E-state index in [0.717, 1.165) is 31.5 Å². The summed E-state index contributed by atoms with van der Waals surface area (Å²) in [4.78, 5) is 26.1. The van der Waals surface area contributed by atoms with Gasteiger partial charge in [-0.25, -0.2) is 4.79 Å². The van der Waals surface area contributed by atoms with Gasteiger partial charge >= 0.3 is 5.97 Å². The molecule has 1 aromatic carbocycles. The molecule has 106 valence electrons. The van der Waals surface area contributed by atoms with Gasteiger partial charge in [-0.05, 0) is 31.0 Å². The van der Waals surface area contributed by atoms with Gasteiger partial charge in [0.15, 0.2) is 0 Å². The molecule has 1 amide bonds. The molecule has 0 radical (unpaired) electrons. The van der Waals surface area contributed by atoms with Crippen molar-refractivity contribution in [3.63, 3.8) is 0 Å². The van der Waals surface area contributed by atoms with Gasteiger partial charge in [-0.1, -0.05) is 6.42 Å². The predicted molar refractivity (Wildman–Crippen MR) is 76.0 cm³/mol. The first-order valence-corrected chi connectivity index (χ1v) is 6.81. The molecule has 1 aromatic rings.